The van der Waals surface area contributed by atoms with Gasteiger partial charge in [-0.3, -0.25) is 0 Å². The monoisotopic (exact) mass is 1040 g/mol. The molecule has 1 spiro atoms. The second-order valence-corrected chi connectivity index (χ2v) is 22.1. The Kier molecular flexibility index (Phi) is 9.53. The van der Waals surface area contributed by atoms with Gasteiger partial charge in [0.15, 0.2) is 11.3 Å². The Morgan fingerprint density at radius 2 is 1.04 bits per heavy atom. The Balaban J connectivity index is 0.982. The summed E-state index contributed by atoms with van der Waals surface area (Å²) in [5, 5.41) is 4.13. The smallest absolute Gasteiger partial charge is 0.185 e. The van der Waals surface area contributed by atoms with E-state index in [-0.39, 0.29) is 5.41 Å². The predicted octanol–water partition coefficient (Wildman–Crippen LogP) is 20.5. The molecule has 3 heterocycles. The van der Waals surface area contributed by atoms with E-state index >= 15 is 0 Å². The number of hydrogen-bond acceptors (Lipinski definition) is 5. The van der Waals surface area contributed by atoms with Crippen LogP contribution in [-0.4, -0.2) is 0 Å². The summed E-state index contributed by atoms with van der Waals surface area (Å²) in [4.78, 5) is 4.85. The second kappa shape index (κ2) is 17.0. The summed E-state index contributed by atoms with van der Waals surface area (Å²) in [5.41, 5.74) is 21.8. The summed E-state index contributed by atoms with van der Waals surface area (Å²) < 4.78 is 21.3. The lowest BCUT2D eigenvalue weighted by molar-refractivity contribution is 0.438. The highest BCUT2D eigenvalue weighted by Gasteiger charge is 2.54. The third-order valence-electron chi connectivity index (χ3n) is 17.6. The van der Waals surface area contributed by atoms with Crippen LogP contribution in [0.5, 0.6) is 11.5 Å². The van der Waals surface area contributed by atoms with Crippen LogP contribution in [0, 0.1) is 12.1 Å². The molecular weight excluding hydrogens is 989 g/mol. The van der Waals surface area contributed by atoms with Gasteiger partial charge in [-0.1, -0.05) is 190 Å². The van der Waals surface area contributed by atoms with Crippen molar-refractivity contribution in [2.45, 2.75) is 24.7 Å². The van der Waals surface area contributed by atoms with Gasteiger partial charge >= 0.3 is 0 Å². The average Bonchev–Trinajstić information content (AvgIpc) is 4.43. The third-order valence-corrected chi connectivity index (χ3v) is 17.6. The summed E-state index contributed by atoms with van der Waals surface area (Å²) in [6.45, 7) is 4.71. The lowest BCUT2D eigenvalue weighted by Gasteiger charge is -2.43. The molecule has 12 aromatic carbocycles. The summed E-state index contributed by atoms with van der Waals surface area (Å²) in [5.74, 6) is 1.54. The molecule has 5 nitrogen and oxygen atoms in total. The molecule has 1 aliphatic heterocycles. The van der Waals surface area contributed by atoms with Gasteiger partial charge in [-0.2, -0.15) is 0 Å². The van der Waals surface area contributed by atoms with Crippen LogP contribution in [0.15, 0.2) is 264 Å². The quantitative estimate of drug-likeness (QED) is 0.159. The molecule has 0 amide bonds. The Bertz CT molecular complexity index is 4870. The van der Waals surface area contributed by atoms with Crippen molar-refractivity contribution in [1.29, 1.82) is 0 Å². The van der Waals surface area contributed by atoms with Crippen molar-refractivity contribution in [2.24, 2.45) is 0 Å². The van der Waals surface area contributed by atoms with E-state index in [9.17, 15) is 0 Å². The van der Waals surface area contributed by atoms with Crippen LogP contribution >= 0.6 is 0 Å². The number of rotatable bonds is 7. The van der Waals surface area contributed by atoms with Gasteiger partial charge in [-0.05, 0) is 129 Å². The summed E-state index contributed by atoms with van der Waals surface area (Å²) >= 11 is 0. The molecule has 0 N–H and O–H groups in total. The van der Waals surface area contributed by atoms with Gasteiger partial charge < -0.3 is 23.4 Å². The Morgan fingerprint density at radius 1 is 0.395 bits per heavy atom. The van der Waals surface area contributed by atoms with Crippen molar-refractivity contribution in [1.82, 2.24) is 0 Å². The number of anilines is 6. The van der Waals surface area contributed by atoms with Crippen molar-refractivity contribution < 1.29 is 13.6 Å². The van der Waals surface area contributed by atoms with Crippen LogP contribution in [-0.2, 0) is 10.8 Å². The highest BCUT2D eigenvalue weighted by atomic mass is 16.5. The number of nitrogens with zero attached hydrogens (tertiary/aromatic N) is 2. The number of para-hydroxylation sites is 3. The van der Waals surface area contributed by atoms with Crippen LogP contribution in [0.4, 0.5) is 34.1 Å². The topological polar surface area (TPSA) is 42.0 Å². The van der Waals surface area contributed by atoms with E-state index in [1.165, 1.54) is 44.5 Å². The van der Waals surface area contributed by atoms with Crippen LogP contribution in [0.2, 0.25) is 0 Å². The molecule has 2 aliphatic carbocycles. The van der Waals surface area contributed by atoms with Gasteiger partial charge in [0.25, 0.3) is 0 Å². The molecule has 0 atom stereocenters. The molecule has 17 rings (SSSR count). The molecule has 0 fully saturated rings. The lowest BCUT2D eigenvalue weighted by Crippen LogP contribution is -2.34. The Hall–Kier alpha value is -10.5. The molecular formula is C76H48N2O3. The molecule has 0 saturated heterocycles. The number of hydrogen-bond donors (Lipinski definition) is 0. The Labute approximate surface area is 468 Å². The van der Waals surface area contributed by atoms with Gasteiger partial charge in [-0.25, -0.2) is 0 Å². The van der Waals surface area contributed by atoms with Crippen molar-refractivity contribution in [3.8, 4) is 44.9 Å². The van der Waals surface area contributed by atoms with Crippen LogP contribution < -0.4 is 14.5 Å². The molecule has 5 heteroatoms. The fourth-order valence-electron chi connectivity index (χ4n) is 14.2. The van der Waals surface area contributed by atoms with Crippen LogP contribution in [0.25, 0.3) is 77.3 Å². The average molecular weight is 1040 g/mol. The molecule has 380 valence electrons. The van der Waals surface area contributed by atoms with E-state index < -0.39 is 5.41 Å². The minimum atomic E-state index is -0.886. The second-order valence-electron chi connectivity index (χ2n) is 22.1. The van der Waals surface area contributed by atoms with Gasteiger partial charge in [-0.15, -0.1) is 0 Å². The Morgan fingerprint density at radius 3 is 1.84 bits per heavy atom. The zero-order chi connectivity index (χ0) is 53.6. The fourth-order valence-corrected chi connectivity index (χ4v) is 14.2. The molecule has 0 unspecified atom stereocenters. The molecule has 0 saturated carbocycles. The number of benzene rings is 11. The molecule has 0 radical (unpaired) electrons. The molecule has 81 heavy (non-hydrogen) atoms. The zero-order valence-electron chi connectivity index (χ0n) is 44.4. The van der Waals surface area contributed by atoms with E-state index in [2.05, 4.69) is 278 Å². The van der Waals surface area contributed by atoms with Gasteiger partial charge in [0.05, 0.1) is 22.5 Å². The standard InChI is InChI=1S/C76H48N2O3/c1-75(2)59-31-14-11-30-56(59)71-62(75)34-19-36-64(71)78(50-44-57(47-22-5-3-6-23-47)73-58(45-50)54-29-13-18-40-68(54)80-73)66-38-20-35-63-74(66)81-69-41-21-37-65(72(69)76(63)60-32-15-9-26-51(60)52-27-10-16-33-61(52)76)77(48-24-7-4-8-25-48)49-42-43-55-53-28-12-17-39-67(53)79-70(55)46-49/h3-16,18-38,40-46H,1-2H3. The van der Waals surface area contributed by atoms with Crippen LogP contribution in [0.1, 0.15) is 47.2 Å². The first kappa shape index (κ1) is 45.5. The number of furan rings is 2. The normalized spacial score (nSPS) is 13.8. The fraction of sp³-hybridized carbons (Fsp3) is 0.0526. The maximum Gasteiger partial charge on any atom is 0.185 e. The van der Waals surface area contributed by atoms with Gasteiger partial charge in [0.2, 0.25) is 0 Å². The van der Waals surface area contributed by atoms with E-state index in [0.29, 0.717) is 5.58 Å². The van der Waals surface area contributed by atoms with Gasteiger partial charge in [0.1, 0.15) is 22.5 Å². The highest BCUT2D eigenvalue weighted by molar-refractivity contribution is 6.13. The summed E-state index contributed by atoms with van der Waals surface area (Å²) in [7, 11) is 0. The van der Waals surface area contributed by atoms with E-state index in [1.54, 1.807) is 0 Å². The number of fused-ring (bicyclic) bond motifs is 18. The first-order chi connectivity index (χ1) is 39.9. The summed E-state index contributed by atoms with van der Waals surface area (Å²) in [6.07, 6.45) is 0. The first-order valence-corrected chi connectivity index (χ1v) is 27.7. The van der Waals surface area contributed by atoms with E-state index in [4.69, 9.17) is 13.6 Å². The molecule has 2 aromatic heterocycles. The highest BCUT2D eigenvalue weighted by Crippen LogP contribution is 2.67. The number of ether oxygens (including phenoxy) is 1. The minimum Gasteiger partial charge on any atom is -0.455 e. The molecule has 3 aliphatic rings. The van der Waals surface area contributed by atoms with Gasteiger partial charge in [0, 0.05) is 72.3 Å². The van der Waals surface area contributed by atoms with Crippen molar-refractivity contribution in [2.75, 3.05) is 9.80 Å². The predicted molar refractivity (Wildman–Crippen MR) is 328 cm³/mol. The van der Waals surface area contributed by atoms with Crippen molar-refractivity contribution in [3.05, 3.63) is 300 Å². The van der Waals surface area contributed by atoms with Crippen molar-refractivity contribution >= 4 is 78.0 Å². The summed E-state index contributed by atoms with van der Waals surface area (Å²) in [6, 6.07) is 98.3. The lowest BCUT2D eigenvalue weighted by atomic mass is 9.65. The third kappa shape index (κ3) is 6.33. The van der Waals surface area contributed by atoms with E-state index in [0.717, 1.165) is 106 Å². The maximum absolute atomic E-state index is 7.90. The maximum atomic E-state index is 7.90. The van der Waals surface area contributed by atoms with Crippen molar-refractivity contribution in [3.63, 3.8) is 0 Å². The molecule has 14 aromatic rings. The largest absolute Gasteiger partial charge is 0.455 e. The SMILES string of the molecule is CC1(C)c2ccccc2-c2c(N(c3cc(-c4ccccc4)c4oc5ccccc5c4c3)c3cccc4c3Oc3cccc(N(c5ccccc5)c5ccc6c(c5)oc5c#cccc56)c3C43c4ccccc4-c4ccccc43)cccc21. The first-order valence-electron chi connectivity index (χ1n) is 27.7. The zero-order valence-corrected chi connectivity index (χ0v) is 44.4. The minimum absolute atomic E-state index is 0.257. The molecule has 0 bridgehead atoms. The van der Waals surface area contributed by atoms with E-state index in [1.807, 2.05) is 12.1 Å². The van der Waals surface area contributed by atoms with Crippen LogP contribution in [0.3, 0.4) is 0 Å².